The summed E-state index contributed by atoms with van der Waals surface area (Å²) in [5.74, 6) is -0.608. The molecule has 0 atom stereocenters. The van der Waals surface area contributed by atoms with E-state index in [0.717, 1.165) is 6.42 Å². The van der Waals surface area contributed by atoms with Crippen molar-refractivity contribution in [1.29, 1.82) is 0 Å². The first-order valence-corrected chi connectivity index (χ1v) is 2.55. The molecule has 0 heterocycles. The lowest BCUT2D eigenvalue weighted by Gasteiger charge is -2.01. The fourth-order valence-electron chi connectivity index (χ4n) is 0.622. The van der Waals surface area contributed by atoms with Gasteiger partial charge in [0.1, 0.15) is 5.76 Å². The Hall–Kier alpha value is -0.790. The van der Waals surface area contributed by atoms with E-state index in [1.54, 1.807) is 6.08 Å². The van der Waals surface area contributed by atoms with Crippen molar-refractivity contribution in [2.75, 3.05) is 0 Å². The molecule has 2 heteroatoms. The van der Waals surface area contributed by atoms with Gasteiger partial charge in [-0.05, 0) is 12.5 Å². The first kappa shape index (κ1) is 5.35. The van der Waals surface area contributed by atoms with Gasteiger partial charge in [0, 0.05) is 6.42 Å². The number of hydrogen-bond donors (Lipinski definition) is 1. The molecule has 0 spiro atoms. The van der Waals surface area contributed by atoms with Crippen LogP contribution in [-0.2, 0) is 0 Å². The Kier molecular flexibility index (Phi) is 1.33. The molecule has 0 aromatic carbocycles. The molecule has 0 aromatic heterocycles. The molecule has 0 saturated heterocycles. The number of rotatable bonds is 0. The molecule has 0 aromatic rings. The first-order valence-electron chi connectivity index (χ1n) is 2.55. The van der Waals surface area contributed by atoms with Crippen LogP contribution in [0.25, 0.3) is 0 Å². The minimum atomic E-state index is -0.490. The highest BCUT2D eigenvalue weighted by atomic mass is 19.1. The molecule has 1 aliphatic rings. The summed E-state index contributed by atoms with van der Waals surface area (Å²) < 4.78 is 12.1. The summed E-state index contributed by atoms with van der Waals surface area (Å²) in [6, 6.07) is 0. The molecule has 0 saturated carbocycles. The third-order valence-corrected chi connectivity index (χ3v) is 1.09. The smallest absolute Gasteiger partial charge is 0.160 e. The Balaban J connectivity index is 2.76. The maximum Gasteiger partial charge on any atom is 0.160 e. The number of hydrogen-bond acceptors (Lipinski definition) is 1. The van der Waals surface area contributed by atoms with Crippen LogP contribution in [0.5, 0.6) is 0 Å². The molecule has 0 fully saturated rings. The van der Waals surface area contributed by atoms with Gasteiger partial charge >= 0.3 is 0 Å². The summed E-state index contributed by atoms with van der Waals surface area (Å²) in [5, 5.41) is 8.63. The Morgan fingerprint density at radius 3 is 2.75 bits per heavy atom. The van der Waals surface area contributed by atoms with Gasteiger partial charge in [0.05, 0.1) is 0 Å². The summed E-state index contributed by atoms with van der Waals surface area (Å²) in [7, 11) is 0. The Bertz CT molecular complexity index is 147. The molecule has 0 amide bonds. The van der Waals surface area contributed by atoms with Crippen LogP contribution in [0.1, 0.15) is 12.8 Å². The summed E-state index contributed by atoms with van der Waals surface area (Å²) >= 11 is 0. The zero-order valence-electron chi connectivity index (χ0n) is 4.39. The quantitative estimate of drug-likeness (QED) is 0.511. The van der Waals surface area contributed by atoms with E-state index in [2.05, 4.69) is 0 Å². The molecule has 1 aliphatic carbocycles. The molecule has 0 aliphatic heterocycles. The lowest BCUT2D eigenvalue weighted by molar-refractivity contribution is 0.361. The SMILES string of the molecule is OC1=C(F)C=CCC1. The molecule has 8 heavy (non-hydrogen) atoms. The van der Waals surface area contributed by atoms with Crippen LogP contribution >= 0.6 is 0 Å². The van der Waals surface area contributed by atoms with Gasteiger partial charge < -0.3 is 5.11 Å². The highest BCUT2D eigenvalue weighted by Crippen LogP contribution is 2.16. The molecule has 44 valence electrons. The third kappa shape index (κ3) is 0.886. The van der Waals surface area contributed by atoms with E-state index >= 15 is 0 Å². The topological polar surface area (TPSA) is 20.2 Å². The van der Waals surface area contributed by atoms with Gasteiger partial charge in [0.25, 0.3) is 0 Å². The lowest BCUT2D eigenvalue weighted by atomic mass is 10.1. The molecule has 0 radical (unpaired) electrons. The van der Waals surface area contributed by atoms with Crippen molar-refractivity contribution in [2.45, 2.75) is 12.8 Å². The predicted molar refractivity (Wildman–Crippen MR) is 29.1 cm³/mol. The Labute approximate surface area is 47.1 Å². The van der Waals surface area contributed by atoms with E-state index in [0.29, 0.717) is 6.42 Å². The van der Waals surface area contributed by atoms with Crippen molar-refractivity contribution in [3.8, 4) is 0 Å². The third-order valence-electron chi connectivity index (χ3n) is 1.09. The normalized spacial score (nSPS) is 19.6. The minimum Gasteiger partial charge on any atom is -0.509 e. The van der Waals surface area contributed by atoms with E-state index in [1.807, 2.05) is 0 Å². The second-order valence-corrected chi connectivity index (χ2v) is 1.74. The second kappa shape index (κ2) is 1.99. The molecule has 0 unspecified atom stereocenters. The predicted octanol–water partition coefficient (Wildman–Crippen LogP) is 2.08. The van der Waals surface area contributed by atoms with E-state index in [1.165, 1.54) is 6.08 Å². The van der Waals surface area contributed by atoms with Crippen molar-refractivity contribution in [1.82, 2.24) is 0 Å². The van der Waals surface area contributed by atoms with Crippen LogP contribution < -0.4 is 0 Å². The first-order chi connectivity index (χ1) is 3.80. The van der Waals surface area contributed by atoms with Gasteiger partial charge in [0.2, 0.25) is 0 Å². The van der Waals surface area contributed by atoms with Gasteiger partial charge in [-0.3, -0.25) is 0 Å². The Morgan fingerprint density at radius 2 is 2.38 bits per heavy atom. The van der Waals surface area contributed by atoms with Crippen molar-refractivity contribution in [3.05, 3.63) is 23.7 Å². The molecule has 1 N–H and O–H groups in total. The zero-order valence-corrected chi connectivity index (χ0v) is 4.39. The van der Waals surface area contributed by atoms with E-state index in [4.69, 9.17) is 5.11 Å². The molecule has 1 rings (SSSR count). The maximum absolute atomic E-state index is 12.1. The molecular formula is C6H7FO. The number of aliphatic hydroxyl groups is 1. The van der Waals surface area contributed by atoms with Crippen LogP contribution in [0.2, 0.25) is 0 Å². The fourth-order valence-corrected chi connectivity index (χ4v) is 0.622. The summed E-state index contributed by atoms with van der Waals surface area (Å²) in [5.41, 5.74) is 0. The van der Waals surface area contributed by atoms with E-state index in [9.17, 15) is 4.39 Å². The molecule has 0 bridgehead atoms. The van der Waals surface area contributed by atoms with Crippen LogP contribution in [0, 0.1) is 0 Å². The average Bonchev–Trinajstić information content (AvgIpc) is 1.77. The highest BCUT2D eigenvalue weighted by molar-refractivity contribution is 5.18. The van der Waals surface area contributed by atoms with Gasteiger partial charge in [0.15, 0.2) is 5.83 Å². The summed E-state index contributed by atoms with van der Waals surface area (Å²) in [6.07, 6.45) is 4.19. The van der Waals surface area contributed by atoms with Crippen molar-refractivity contribution in [3.63, 3.8) is 0 Å². The van der Waals surface area contributed by atoms with Gasteiger partial charge in [-0.2, -0.15) is 0 Å². The summed E-state index contributed by atoms with van der Waals surface area (Å²) in [4.78, 5) is 0. The number of aliphatic hydroxyl groups excluding tert-OH is 1. The van der Waals surface area contributed by atoms with Crippen molar-refractivity contribution < 1.29 is 9.50 Å². The maximum atomic E-state index is 12.1. The van der Waals surface area contributed by atoms with Gasteiger partial charge in [-0.1, -0.05) is 6.08 Å². The van der Waals surface area contributed by atoms with E-state index < -0.39 is 5.83 Å². The van der Waals surface area contributed by atoms with Crippen LogP contribution in [0.4, 0.5) is 4.39 Å². The second-order valence-electron chi connectivity index (χ2n) is 1.74. The van der Waals surface area contributed by atoms with Crippen molar-refractivity contribution in [2.24, 2.45) is 0 Å². The fraction of sp³-hybridized carbons (Fsp3) is 0.333. The standard InChI is InChI=1S/C6H7FO/c7-5-3-1-2-4-6(5)8/h1,3,8H,2,4H2. The largest absolute Gasteiger partial charge is 0.509 e. The molecule has 1 nitrogen and oxygen atoms in total. The van der Waals surface area contributed by atoms with E-state index in [-0.39, 0.29) is 5.76 Å². The van der Waals surface area contributed by atoms with Gasteiger partial charge in [-0.15, -0.1) is 0 Å². The van der Waals surface area contributed by atoms with Crippen LogP contribution in [0.3, 0.4) is 0 Å². The zero-order chi connectivity index (χ0) is 5.98. The van der Waals surface area contributed by atoms with Crippen molar-refractivity contribution >= 4 is 0 Å². The number of allylic oxidation sites excluding steroid dienone is 4. The Morgan fingerprint density at radius 1 is 1.62 bits per heavy atom. The molecular weight excluding hydrogens is 107 g/mol. The van der Waals surface area contributed by atoms with Crippen LogP contribution in [-0.4, -0.2) is 5.11 Å². The van der Waals surface area contributed by atoms with Gasteiger partial charge in [-0.25, -0.2) is 4.39 Å². The number of halogens is 1. The lowest BCUT2D eigenvalue weighted by Crippen LogP contribution is -1.88. The average molecular weight is 114 g/mol. The highest BCUT2D eigenvalue weighted by Gasteiger charge is 2.03. The minimum absolute atomic E-state index is 0.118. The van der Waals surface area contributed by atoms with Crippen LogP contribution in [0.15, 0.2) is 23.7 Å². The summed E-state index contributed by atoms with van der Waals surface area (Å²) in [6.45, 7) is 0. The monoisotopic (exact) mass is 114 g/mol.